The lowest BCUT2D eigenvalue weighted by Crippen LogP contribution is -2.43. The van der Waals surface area contributed by atoms with Crippen molar-refractivity contribution in [3.8, 4) is 0 Å². The molecule has 0 unspecified atom stereocenters. The number of hydrogen-bond acceptors (Lipinski definition) is 2. The lowest BCUT2D eigenvalue weighted by atomic mass is 10.00. The van der Waals surface area contributed by atoms with E-state index in [9.17, 15) is 9.59 Å². The molecule has 0 bridgehead atoms. The van der Waals surface area contributed by atoms with Crippen molar-refractivity contribution in [2.24, 2.45) is 0 Å². The number of aryl methyl sites for hydroxylation is 1. The minimum absolute atomic E-state index is 0.0250. The summed E-state index contributed by atoms with van der Waals surface area (Å²) in [6.07, 6.45) is 0.804. The number of halogens is 1. The third-order valence-corrected chi connectivity index (χ3v) is 4.14. The molecule has 4 heteroatoms. The quantitative estimate of drug-likeness (QED) is 0.839. The molecule has 1 aromatic carbocycles. The number of amides is 1. The first-order chi connectivity index (χ1) is 8.79. The SMILES string of the molecule is Cc1ccc(Br)cc1CC(=O)N1CC(=O)CC1(C)C. The van der Waals surface area contributed by atoms with Gasteiger partial charge in [0.2, 0.25) is 5.91 Å². The highest BCUT2D eigenvalue weighted by Gasteiger charge is 2.40. The Morgan fingerprint density at radius 1 is 1.42 bits per heavy atom. The smallest absolute Gasteiger partial charge is 0.227 e. The maximum atomic E-state index is 12.4. The number of carbonyl (C=O) groups excluding carboxylic acids is 2. The molecule has 1 aliphatic heterocycles. The molecule has 1 aliphatic rings. The van der Waals surface area contributed by atoms with E-state index in [-0.39, 0.29) is 23.8 Å². The van der Waals surface area contributed by atoms with Crippen LogP contribution in [0.5, 0.6) is 0 Å². The standard InChI is InChI=1S/C15H18BrNO2/c1-10-4-5-12(16)6-11(10)7-14(19)17-9-13(18)8-15(17,2)3/h4-6H,7-9H2,1-3H3. The first-order valence-electron chi connectivity index (χ1n) is 6.37. The summed E-state index contributed by atoms with van der Waals surface area (Å²) < 4.78 is 0.970. The topological polar surface area (TPSA) is 37.4 Å². The molecule has 0 atom stereocenters. The average molecular weight is 324 g/mol. The minimum atomic E-state index is -0.353. The molecular weight excluding hydrogens is 306 g/mol. The van der Waals surface area contributed by atoms with E-state index in [0.717, 1.165) is 15.6 Å². The van der Waals surface area contributed by atoms with Gasteiger partial charge in [-0.05, 0) is 44.0 Å². The summed E-state index contributed by atoms with van der Waals surface area (Å²) in [6, 6.07) is 5.93. The van der Waals surface area contributed by atoms with Crippen LogP contribution in [0.25, 0.3) is 0 Å². The highest BCUT2D eigenvalue weighted by molar-refractivity contribution is 9.10. The summed E-state index contributed by atoms with van der Waals surface area (Å²) >= 11 is 3.42. The molecule has 1 saturated heterocycles. The molecule has 3 nitrogen and oxygen atoms in total. The van der Waals surface area contributed by atoms with Crippen molar-refractivity contribution in [3.63, 3.8) is 0 Å². The van der Waals surface area contributed by atoms with E-state index in [2.05, 4.69) is 15.9 Å². The summed E-state index contributed by atoms with van der Waals surface area (Å²) in [5.41, 5.74) is 1.75. The molecule has 0 N–H and O–H groups in total. The maximum absolute atomic E-state index is 12.4. The van der Waals surface area contributed by atoms with E-state index < -0.39 is 0 Å². The van der Waals surface area contributed by atoms with Crippen LogP contribution in [0.3, 0.4) is 0 Å². The van der Waals surface area contributed by atoms with Crippen molar-refractivity contribution in [3.05, 3.63) is 33.8 Å². The second kappa shape index (κ2) is 5.08. The lowest BCUT2D eigenvalue weighted by molar-refractivity contribution is -0.134. The zero-order chi connectivity index (χ0) is 14.2. The Morgan fingerprint density at radius 3 is 2.68 bits per heavy atom. The summed E-state index contributed by atoms with van der Waals surface area (Å²) in [5, 5.41) is 0. The molecule has 1 fully saturated rings. The van der Waals surface area contributed by atoms with Gasteiger partial charge >= 0.3 is 0 Å². The number of carbonyl (C=O) groups is 2. The summed E-state index contributed by atoms with van der Waals surface area (Å²) in [7, 11) is 0. The first kappa shape index (κ1) is 14.3. The van der Waals surface area contributed by atoms with Crippen molar-refractivity contribution in [2.45, 2.75) is 39.2 Å². The van der Waals surface area contributed by atoms with Crippen molar-refractivity contribution in [1.82, 2.24) is 4.90 Å². The molecule has 2 rings (SSSR count). The number of ketones is 1. The lowest BCUT2D eigenvalue weighted by Gasteiger charge is -2.30. The maximum Gasteiger partial charge on any atom is 0.227 e. The van der Waals surface area contributed by atoms with Crippen LogP contribution in [0.2, 0.25) is 0 Å². The molecular formula is C15H18BrNO2. The predicted molar refractivity (Wildman–Crippen MR) is 78.0 cm³/mol. The van der Waals surface area contributed by atoms with Gasteiger partial charge in [0, 0.05) is 16.4 Å². The molecule has 0 aromatic heterocycles. The zero-order valence-electron chi connectivity index (χ0n) is 11.5. The summed E-state index contributed by atoms with van der Waals surface area (Å²) in [5.74, 6) is 0.168. The monoisotopic (exact) mass is 323 g/mol. The van der Waals surface area contributed by atoms with Gasteiger partial charge in [-0.3, -0.25) is 9.59 Å². The van der Waals surface area contributed by atoms with E-state index in [1.165, 1.54) is 0 Å². The number of Topliss-reactive ketones (excluding diaryl/α,β-unsaturated/α-hetero) is 1. The fourth-order valence-electron chi connectivity index (χ4n) is 2.54. The van der Waals surface area contributed by atoms with Gasteiger partial charge in [-0.25, -0.2) is 0 Å². The van der Waals surface area contributed by atoms with Crippen LogP contribution in [0, 0.1) is 6.92 Å². The number of hydrogen-bond donors (Lipinski definition) is 0. The Labute approximate surface area is 122 Å². The Balaban J connectivity index is 2.17. The van der Waals surface area contributed by atoms with Crippen LogP contribution in [0.1, 0.15) is 31.4 Å². The molecule has 0 spiro atoms. The Morgan fingerprint density at radius 2 is 2.11 bits per heavy atom. The summed E-state index contributed by atoms with van der Waals surface area (Å²) in [6.45, 7) is 6.14. The Bertz CT molecular complexity index is 537. The van der Waals surface area contributed by atoms with Crippen LogP contribution in [-0.4, -0.2) is 28.7 Å². The summed E-state index contributed by atoms with van der Waals surface area (Å²) in [4.78, 5) is 25.6. The molecule has 1 heterocycles. The zero-order valence-corrected chi connectivity index (χ0v) is 13.1. The van der Waals surface area contributed by atoms with Crippen LogP contribution in [0.4, 0.5) is 0 Å². The molecule has 0 saturated carbocycles. The highest BCUT2D eigenvalue weighted by atomic mass is 79.9. The fourth-order valence-corrected chi connectivity index (χ4v) is 2.95. The Kier molecular flexibility index (Phi) is 3.81. The van der Waals surface area contributed by atoms with Gasteiger partial charge < -0.3 is 4.90 Å². The van der Waals surface area contributed by atoms with Crippen molar-refractivity contribution >= 4 is 27.6 Å². The number of nitrogens with zero attached hydrogens (tertiary/aromatic N) is 1. The van der Waals surface area contributed by atoms with Crippen LogP contribution < -0.4 is 0 Å². The van der Waals surface area contributed by atoms with E-state index in [0.29, 0.717) is 12.8 Å². The van der Waals surface area contributed by atoms with Gasteiger partial charge in [0.25, 0.3) is 0 Å². The number of likely N-dealkylation sites (tertiary alicyclic amines) is 1. The van der Waals surface area contributed by atoms with E-state index in [1.54, 1.807) is 4.90 Å². The van der Waals surface area contributed by atoms with Gasteiger partial charge in [-0.15, -0.1) is 0 Å². The highest BCUT2D eigenvalue weighted by Crippen LogP contribution is 2.27. The van der Waals surface area contributed by atoms with Crippen LogP contribution in [-0.2, 0) is 16.0 Å². The van der Waals surface area contributed by atoms with Gasteiger partial charge in [-0.1, -0.05) is 22.0 Å². The number of benzene rings is 1. The van der Waals surface area contributed by atoms with Crippen LogP contribution >= 0.6 is 15.9 Å². The molecule has 1 aromatic rings. The second-order valence-electron chi connectivity index (χ2n) is 5.76. The molecule has 0 radical (unpaired) electrons. The fraction of sp³-hybridized carbons (Fsp3) is 0.467. The largest absolute Gasteiger partial charge is 0.330 e. The Hall–Kier alpha value is -1.16. The van der Waals surface area contributed by atoms with Gasteiger partial charge in [0.15, 0.2) is 5.78 Å². The minimum Gasteiger partial charge on any atom is -0.330 e. The normalized spacial score (nSPS) is 17.9. The third kappa shape index (κ3) is 3.06. The van der Waals surface area contributed by atoms with E-state index in [4.69, 9.17) is 0 Å². The predicted octanol–water partition coefficient (Wildman–Crippen LogP) is 2.88. The molecule has 19 heavy (non-hydrogen) atoms. The van der Waals surface area contributed by atoms with Gasteiger partial charge in [0.05, 0.1) is 13.0 Å². The third-order valence-electron chi connectivity index (χ3n) is 3.65. The average Bonchev–Trinajstić information content (AvgIpc) is 2.57. The number of rotatable bonds is 2. The van der Waals surface area contributed by atoms with Gasteiger partial charge in [-0.2, -0.15) is 0 Å². The van der Waals surface area contributed by atoms with E-state index >= 15 is 0 Å². The molecule has 1 amide bonds. The van der Waals surface area contributed by atoms with E-state index in [1.807, 2.05) is 39.0 Å². The van der Waals surface area contributed by atoms with Crippen molar-refractivity contribution < 1.29 is 9.59 Å². The van der Waals surface area contributed by atoms with Crippen molar-refractivity contribution in [1.29, 1.82) is 0 Å². The molecule has 0 aliphatic carbocycles. The second-order valence-corrected chi connectivity index (χ2v) is 6.67. The van der Waals surface area contributed by atoms with Gasteiger partial charge in [0.1, 0.15) is 0 Å². The first-order valence-corrected chi connectivity index (χ1v) is 7.16. The molecule has 102 valence electrons. The van der Waals surface area contributed by atoms with Crippen molar-refractivity contribution in [2.75, 3.05) is 6.54 Å². The van der Waals surface area contributed by atoms with Crippen LogP contribution in [0.15, 0.2) is 22.7 Å².